The van der Waals surface area contributed by atoms with Gasteiger partial charge in [-0.2, -0.15) is 0 Å². The van der Waals surface area contributed by atoms with E-state index >= 15 is 0 Å². The molecule has 5 nitrogen and oxygen atoms in total. The summed E-state index contributed by atoms with van der Waals surface area (Å²) in [5.74, 6) is 0.615. The molecule has 2 aliphatic rings. The largest absolute Gasteiger partial charge is 0.338 e. The van der Waals surface area contributed by atoms with Crippen LogP contribution in [0.15, 0.2) is 0 Å². The van der Waals surface area contributed by atoms with E-state index in [1.165, 1.54) is 19.4 Å². The number of nitrogens with zero attached hydrogens (tertiary/aromatic N) is 1. The van der Waals surface area contributed by atoms with Gasteiger partial charge in [-0.1, -0.05) is 0 Å². The molecular formula is C11H22N4O. The lowest BCUT2D eigenvalue weighted by molar-refractivity contribution is 0.199. The predicted molar refractivity (Wildman–Crippen MR) is 63.4 cm³/mol. The van der Waals surface area contributed by atoms with Crippen molar-refractivity contribution in [1.29, 1.82) is 0 Å². The van der Waals surface area contributed by atoms with Crippen molar-refractivity contribution in [1.82, 2.24) is 20.9 Å². The second-order valence-electron chi connectivity index (χ2n) is 4.98. The molecule has 2 rings (SSSR count). The fraction of sp³-hybridized carbons (Fsp3) is 0.909. The Hall–Kier alpha value is -0.810. The van der Waals surface area contributed by atoms with Crippen LogP contribution >= 0.6 is 0 Å². The summed E-state index contributed by atoms with van der Waals surface area (Å²) in [6.45, 7) is 4.90. The van der Waals surface area contributed by atoms with Crippen LogP contribution in [0.2, 0.25) is 0 Å². The molecule has 0 aliphatic carbocycles. The molecule has 0 aromatic rings. The van der Waals surface area contributed by atoms with Gasteiger partial charge in [-0.25, -0.2) is 4.79 Å². The molecular weight excluding hydrogens is 204 g/mol. The van der Waals surface area contributed by atoms with Crippen LogP contribution in [0.1, 0.15) is 12.8 Å². The van der Waals surface area contributed by atoms with Crippen molar-refractivity contribution >= 4 is 6.03 Å². The van der Waals surface area contributed by atoms with Crippen LogP contribution < -0.4 is 16.0 Å². The Labute approximate surface area is 96.9 Å². The minimum Gasteiger partial charge on any atom is -0.338 e. The van der Waals surface area contributed by atoms with E-state index in [9.17, 15) is 4.79 Å². The molecule has 0 spiro atoms. The van der Waals surface area contributed by atoms with E-state index in [-0.39, 0.29) is 6.03 Å². The molecule has 1 unspecified atom stereocenters. The third-order valence-corrected chi connectivity index (χ3v) is 3.39. The topological polar surface area (TPSA) is 56.4 Å². The van der Waals surface area contributed by atoms with Crippen LogP contribution in [-0.4, -0.2) is 56.7 Å². The third-order valence-electron chi connectivity index (χ3n) is 3.39. The van der Waals surface area contributed by atoms with E-state index in [1.54, 1.807) is 0 Å². The quantitative estimate of drug-likeness (QED) is 0.614. The zero-order valence-electron chi connectivity index (χ0n) is 9.96. The maximum absolute atomic E-state index is 11.5. The van der Waals surface area contributed by atoms with Crippen LogP contribution in [0.5, 0.6) is 0 Å². The molecule has 2 heterocycles. The van der Waals surface area contributed by atoms with E-state index in [0.29, 0.717) is 12.0 Å². The monoisotopic (exact) mass is 226 g/mol. The van der Waals surface area contributed by atoms with Crippen molar-refractivity contribution < 1.29 is 4.79 Å². The van der Waals surface area contributed by atoms with Gasteiger partial charge in [0.05, 0.1) is 6.04 Å². The van der Waals surface area contributed by atoms with Gasteiger partial charge in [0.2, 0.25) is 0 Å². The van der Waals surface area contributed by atoms with E-state index in [4.69, 9.17) is 0 Å². The second-order valence-corrected chi connectivity index (χ2v) is 4.98. The molecule has 1 atom stereocenters. The Bertz CT molecular complexity index is 242. The van der Waals surface area contributed by atoms with E-state index in [1.807, 2.05) is 0 Å². The van der Waals surface area contributed by atoms with Crippen molar-refractivity contribution in [3.63, 3.8) is 0 Å². The highest BCUT2D eigenvalue weighted by molar-refractivity contribution is 5.74. The highest BCUT2D eigenvalue weighted by Crippen LogP contribution is 2.13. The third kappa shape index (κ3) is 3.35. The van der Waals surface area contributed by atoms with Crippen molar-refractivity contribution in [3.8, 4) is 0 Å². The number of likely N-dealkylation sites (tertiary alicyclic amines) is 1. The number of urea groups is 1. The minimum absolute atomic E-state index is 0.0141. The Morgan fingerprint density at radius 1 is 1.50 bits per heavy atom. The lowest BCUT2D eigenvalue weighted by Crippen LogP contribution is -2.59. The molecule has 0 radical (unpaired) electrons. The summed E-state index contributed by atoms with van der Waals surface area (Å²) >= 11 is 0. The first-order valence-electron chi connectivity index (χ1n) is 6.17. The first kappa shape index (κ1) is 11.7. The summed E-state index contributed by atoms with van der Waals surface area (Å²) in [4.78, 5) is 13.8. The van der Waals surface area contributed by atoms with Crippen molar-refractivity contribution in [3.05, 3.63) is 0 Å². The molecule has 0 aromatic carbocycles. The predicted octanol–water partition coefficient (Wildman–Crippen LogP) is -0.401. The molecule has 0 aromatic heterocycles. The lowest BCUT2D eigenvalue weighted by atomic mass is 9.99. The van der Waals surface area contributed by atoms with Gasteiger partial charge >= 0.3 is 6.03 Å². The van der Waals surface area contributed by atoms with Gasteiger partial charge in [-0.05, 0) is 32.4 Å². The number of carbonyl (C=O) groups excluding carboxylic acids is 1. The van der Waals surface area contributed by atoms with Crippen LogP contribution in [0.3, 0.4) is 0 Å². The number of amides is 2. The zero-order valence-corrected chi connectivity index (χ0v) is 9.96. The molecule has 2 amide bonds. The fourth-order valence-electron chi connectivity index (χ4n) is 2.30. The maximum Gasteiger partial charge on any atom is 0.315 e. The van der Waals surface area contributed by atoms with Gasteiger partial charge in [0.15, 0.2) is 0 Å². The lowest BCUT2D eigenvalue weighted by Gasteiger charge is -2.31. The summed E-state index contributed by atoms with van der Waals surface area (Å²) in [6.07, 6.45) is 2.48. The normalized spacial score (nSPS) is 27.2. The number of piperidine rings is 1. The first-order valence-corrected chi connectivity index (χ1v) is 6.17. The minimum atomic E-state index is -0.0141. The Morgan fingerprint density at radius 2 is 2.31 bits per heavy atom. The van der Waals surface area contributed by atoms with Gasteiger partial charge in [-0.15, -0.1) is 0 Å². The number of hydrogen-bond donors (Lipinski definition) is 3. The molecule has 0 bridgehead atoms. The molecule has 2 fully saturated rings. The molecule has 2 saturated heterocycles. The van der Waals surface area contributed by atoms with Crippen LogP contribution in [-0.2, 0) is 0 Å². The van der Waals surface area contributed by atoms with Gasteiger partial charge in [0.1, 0.15) is 0 Å². The molecule has 2 aliphatic heterocycles. The smallest absolute Gasteiger partial charge is 0.315 e. The van der Waals surface area contributed by atoms with Gasteiger partial charge in [0.25, 0.3) is 0 Å². The average Bonchev–Trinajstić information content (AvgIpc) is 2.21. The zero-order chi connectivity index (χ0) is 11.4. The fourth-order valence-corrected chi connectivity index (χ4v) is 2.30. The highest BCUT2D eigenvalue weighted by Gasteiger charge is 2.20. The Balaban J connectivity index is 1.60. The molecule has 0 saturated carbocycles. The summed E-state index contributed by atoms with van der Waals surface area (Å²) in [5.41, 5.74) is 0. The second kappa shape index (κ2) is 5.50. The summed E-state index contributed by atoms with van der Waals surface area (Å²) in [6, 6.07) is 0.314. The number of rotatable bonds is 3. The standard InChI is InChI=1S/C11H22N4O/c1-15-4-2-3-9(8-15)5-13-11(16)14-10-6-12-7-10/h9-10,12H,2-8H2,1H3,(H2,13,14,16). The molecule has 3 N–H and O–H groups in total. The number of carbonyl (C=O) groups is 1. The van der Waals surface area contributed by atoms with E-state index in [2.05, 4.69) is 27.9 Å². The van der Waals surface area contributed by atoms with E-state index < -0.39 is 0 Å². The molecule has 16 heavy (non-hydrogen) atoms. The van der Waals surface area contributed by atoms with E-state index in [0.717, 1.165) is 26.2 Å². The highest BCUT2D eigenvalue weighted by atomic mass is 16.2. The summed E-state index contributed by atoms with van der Waals surface area (Å²) in [7, 11) is 2.15. The van der Waals surface area contributed by atoms with Crippen molar-refractivity contribution in [2.45, 2.75) is 18.9 Å². The average molecular weight is 226 g/mol. The van der Waals surface area contributed by atoms with Crippen molar-refractivity contribution in [2.75, 3.05) is 39.8 Å². The molecule has 5 heteroatoms. The van der Waals surface area contributed by atoms with Crippen LogP contribution in [0, 0.1) is 5.92 Å². The summed E-state index contributed by atoms with van der Waals surface area (Å²) < 4.78 is 0. The van der Waals surface area contributed by atoms with Crippen molar-refractivity contribution in [2.24, 2.45) is 5.92 Å². The van der Waals surface area contributed by atoms with Gasteiger partial charge in [-0.3, -0.25) is 0 Å². The van der Waals surface area contributed by atoms with Gasteiger partial charge < -0.3 is 20.9 Å². The number of nitrogens with one attached hydrogen (secondary N) is 3. The van der Waals surface area contributed by atoms with Crippen LogP contribution in [0.4, 0.5) is 4.79 Å². The maximum atomic E-state index is 11.5. The number of hydrogen-bond acceptors (Lipinski definition) is 3. The SMILES string of the molecule is CN1CCCC(CNC(=O)NC2CNC2)C1. The van der Waals surface area contributed by atoms with Crippen LogP contribution in [0.25, 0.3) is 0 Å². The summed E-state index contributed by atoms with van der Waals surface area (Å²) in [5, 5.41) is 9.04. The van der Waals surface area contributed by atoms with Gasteiger partial charge in [0, 0.05) is 26.2 Å². The Morgan fingerprint density at radius 3 is 2.94 bits per heavy atom. The molecule has 92 valence electrons. The Kier molecular flexibility index (Phi) is 4.01. The first-order chi connectivity index (χ1) is 7.74.